The lowest BCUT2D eigenvalue weighted by atomic mass is 10.1. The summed E-state index contributed by atoms with van der Waals surface area (Å²) in [6.45, 7) is 8.52. The Labute approximate surface area is 181 Å². The Bertz CT molecular complexity index is 769. The maximum Gasteiger partial charge on any atom is 0.317 e. The monoisotopic (exact) mass is 434 g/mol. The van der Waals surface area contributed by atoms with Gasteiger partial charge < -0.3 is 24.6 Å². The van der Waals surface area contributed by atoms with Crippen molar-refractivity contribution in [1.82, 2.24) is 20.0 Å². The zero-order chi connectivity index (χ0) is 20.9. The van der Waals surface area contributed by atoms with E-state index >= 15 is 0 Å². The minimum absolute atomic E-state index is 0.00874. The number of thioether (sulfide) groups is 1. The Morgan fingerprint density at radius 3 is 2.67 bits per heavy atom. The van der Waals surface area contributed by atoms with Crippen LogP contribution in [0.3, 0.4) is 0 Å². The fourth-order valence-corrected chi connectivity index (χ4v) is 5.16. The van der Waals surface area contributed by atoms with E-state index in [9.17, 15) is 9.59 Å². The normalized spacial score (nSPS) is 21.8. The van der Waals surface area contributed by atoms with Gasteiger partial charge in [-0.15, -0.1) is 11.8 Å². The smallest absolute Gasteiger partial charge is 0.317 e. The van der Waals surface area contributed by atoms with Crippen molar-refractivity contribution in [3.63, 3.8) is 0 Å². The fraction of sp³-hybridized carbons (Fsp3) is 0.619. The van der Waals surface area contributed by atoms with Crippen molar-refractivity contribution < 1.29 is 19.1 Å². The first-order chi connectivity index (χ1) is 14.7. The van der Waals surface area contributed by atoms with Crippen LogP contribution in [0, 0.1) is 0 Å². The van der Waals surface area contributed by atoms with E-state index in [4.69, 9.17) is 9.47 Å². The molecule has 2 saturated heterocycles. The number of carbonyl (C=O) groups is 2. The third-order valence-electron chi connectivity index (χ3n) is 5.66. The van der Waals surface area contributed by atoms with E-state index in [-0.39, 0.29) is 17.3 Å². The summed E-state index contributed by atoms with van der Waals surface area (Å²) < 4.78 is 11.3. The number of piperazine rings is 1. The van der Waals surface area contributed by atoms with E-state index in [1.165, 1.54) is 0 Å². The molecule has 2 fully saturated rings. The van der Waals surface area contributed by atoms with Gasteiger partial charge in [-0.3, -0.25) is 9.69 Å². The first-order valence-corrected chi connectivity index (χ1v) is 11.8. The molecular weight excluding hydrogens is 404 g/mol. The molecule has 3 aliphatic heterocycles. The molecule has 3 aliphatic rings. The van der Waals surface area contributed by atoms with Gasteiger partial charge in [0.1, 0.15) is 18.6 Å². The Kier molecular flexibility index (Phi) is 6.89. The molecule has 0 radical (unpaired) electrons. The van der Waals surface area contributed by atoms with Crippen molar-refractivity contribution in [1.29, 1.82) is 0 Å². The van der Waals surface area contributed by atoms with Crippen molar-refractivity contribution in [2.45, 2.75) is 18.7 Å². The molecule has 0 spiro atoms. The van der Waals surface area contributed by atoms with Crippen LogP contribution in [0.5, 0.6) is 11.5 Å². The largest absolute Gasteiger partial charge is 0.486 e. The summed E-state index contributed by atoms with van der Waals surface area (Å²) in [6.07, 6.45) is 0.943. The van der Waals surface area contributed by atoms with Crippen molar-refractivity contribution in [2.75, 3.05) is 64.8 Å². The number of fused-ring (bicyclic) bond motifs is 1. The number of ether oxygens (including phenoxy) is 2. The van der Waals surface area contributed by atoms with Crippen LogP contribution in [0.2, 0.25) is 0 Å². The molecule has 3 amide bonds. The molecule has 0 saturated carbocycles. The summed E-state index contributed by atoms with van der Waals surface area (Å²) in [5, 5.41) is 2.95. The molecule has 9 heteroatoms. The highest BCUT2D eigenvalue weighted by atomic mass is 32.2. The molecular formula is C21H30N4O4S. The van der Waals surface area contributed by atoms with Gasteiger partial charge in [0.2, 0.25) is 5.91 Å². The van der Waals surface area contributed by atoms with Crippen LogP contribution in [-0.2, 0) is 4.79 Å². The summed E-state index contributed by atoms with van der Waals surface area (Å²) in [7, 11) is 0. The van der Waals surface area contributed by atoms with Crippen LogP contribution >= 0.6 is 11.8 Å². The number of urea groups is 1. The number of nitrogens with one attached hydrogen (secondary N) is 1. The average Bonchev–Trinajstić information content (AvgIpc) is 3.16. The zero-order valence-electron chi connectivity index (χ0n) is 17.5. The van der Waals surface area contributed by atoms with Gasteiger partial charge in [-0.1, -0.05) is 13.0 Å². The van der Waals surface area contributed by atoms with E-state index in [1.54, 1.807) is 11.8 Å². The SMILES string of the molecule is CCCNC(=O)N1CCN(CCN2C(=O)CSC2c2ccc3c(c2)OCCO3)CC1. The van der Waals surface area contributed by atoms with E-state index in [2.05, 4.69) is 10.2 Å². The second kappa shape index (κ2) is 9.78. The number of rotatable bonds is 6. The van der Waals surface area contributed by atoms with Gasteiger partial charge in [-0.05, 0) is 24.1 Å². The molecule has 30 heavy (non-hydrogen) atoms. The van der Waals surface area contributed by atoms with Gasteiger partial charge in [0.05, 0.1) is 5.75 Å². The molecule has 1 N–H and O–H groups in total. The van der Waals surface area contributed by atoms with Crippen molar-refractivity contribution in [3.05, 3.63) is 23.8 Å². The third-order valence-corrected chi connectivity index (χ3v) is 6.92. The van der Waals surface area contributed by atoms with Gasteiger partial charge in [0, 0.05) is 45.8 Å². The number of benzene rings is 1. The third kappa shape index (κ3) is 4.78. The number of hydrogen-bond donors (Lipinski definition) is 1. The molecule has 1 unspecified atom stereocenters. The maximum absolute atomic E-state index is 12.5. The minimum atomic E-state index is 0.00874. The topological polar surface area (TPSA) is 74.4 Å². The molecule has 0 aromatic heterocycles. The highest BCUT2D eigenvalue weighted by Gasteiger charge is 2.34. The van der Waals surface area contributed by atoms with Gasteiger partial charge in [0.15, 0.2) is 11.5 Å². The van der Waals surface area contributed by atoms with Gasteiger partial charge in [-0.2, -0.15) is 0 Å². The molecule has 164 valence electrons. The molecule has 0 bridgehead atoms. The van der Waals surface area contributed by atoms with E-state index < -0.39 is 0 Å². The summed E-state index contributed by atoms with van der Waals surface area (Å²) in [5.41, 5.74) is 1.08. The molecule has 3 heterocycles. The summed E-state index contributed by atoms with van der Waals surface area (Å²) in [4.78, 5) is 30.8. The predicted molar refractivity (Wildman–Crippen MR) is 116 cm³/mol. The van der Waals surface area contributed by atoms with Crippen LogP contribution < -0.4 is 14.8 Å². The summed E-state index contributed by atoms with van der Waals surface area (Å²) in [6, 6.07) is 6.01. The number of amides is 3. The summed E-state index contributed by atoms with van der Waals surface area (Å²) in [5.74, 6) is 2.21. The zero-order valence-corrected chi connectivity index (χ0v) is 18.3. The van der Waals surface area contributed by atoms with Crippen LogP contribution in [0.4, 0.5) is 4.79 Å². The van der Waals surface area contributed by atoms with E-state index in [1.807, 2.05) is 34.9 Å². The quantitative estimate of drug-likeness (QED) is 0.736. The van der Waals surface area contributed by atoms with E-state index in [0.29, 0.717) is 25.5 Å². The predicted octanol–water partition coefficient (Wildman–Crippen LogP) is 1.77. The lowest BCUT2D eigenvalue weighted by Crippen LogP contribution is -2.53. The second-order valence-corrected chi connectivity index (χ2v) is 8.78. The average molecular weight is 435 g/mol. The van der Waals surface area contributed by atoms with Gasteiger partial charge in [-0.25, -0.2) is 4.79 Å². The molecule has 1 aromatic carbocycles. The highest BCUT2D eigenvalue weighted by Crippen LogP contribution is 2.42. The molecule has 0 aliphatic carbocycles. The van der Waals surface area contributed by atoms with Crippen LogP contribution in [-0.4, -0.2) is 91.4 Å². The molecule has 4 rings (SSSR count). The Hall–Kier alpha value is -2.13. The van der Waals surface area contributed by atoms with Gasteiger partial charge >= 0.3 is 6.03 Å². The summed E-state index contributed by atoms with van der Waals surface area (Å²) >= 11 is 1.66. The second-order valence-electron chi connectivity index (χ2n) is 7.71. The number of carbonyl (C=O) groups excluding carboxylic acids is 2. The van der Waals surface area contributed by atoms with Crippen LogP contribution in [0.15, 0.2) is 18.2 Å². The van der Waals surface area contributed by atoms with Crippen LogP contribution in [0.1, 0.15) is 24.3 Å². The lowest BCUT2D eigenvalue weighted by molar-refractivity contribution is -0.128. The standard InChI is InChI=1S/C21H30N4O4S/c1-2-5-22-21(27)24-9-6-23(7-10-24)8-11-25-19(26)15-30-20(25)16-3-4-17-18(14-16)29-13-12-28-17/h3-4,14,20H,2,5-13,15H2,1H3,(H,22,27). The van der Waals surface area contributed by atoms with Crippen molar-refractivity contribution in [3.8, 4) is 11.5 Å². The van der Waals surface area contributed by atoms with Crippen molar-refractivity contribution >= 4 is 23.7 Å². The maximum atomic E-state index is 12.5. The van der Waals surface area contributed by atoms with E-state index in [0.717, 1.165) is 62.8 Å². The molecule has 1 aromatic rings. The Morgan fingerprint density at radius 2 is 1.90 bits per heavy atom. The molecule has 8 nitrogen and oxygen atoms in total. The van der Waals surface area contributed by atoms with Crippen molar-refractivity contribution in [2.24, 2.45) is 0 Å². The first kappa shape index (κ1) is 21.1. The fourth-order valence-electron chi connectivity index (χ4n) is 3.95. The molecule has 1 atom stereocenters. The van der Waals surface area contributed by atoms with Gasteiger partial charge in [0.25, 0.3) is 0 Å². The first-order valence-electron chi connectivity index (χ1n) is 10.7. The Balaban J connectivity index is 1.31. The minimum Gasteiger partial charge on any atom is -0.486 e. The highest BCUT2D eigenvalue weighted by molar-refractivity contribution is 8.00. The van der Waals surface area contributed by atoms with Crippen LogP contribution in [0.25, 0.3) is 0 Å². The number of nitrogens with zero attached hydrogens (tertiary/aromatic N) is 3. The lowest BCUT2D eigenvalue weighted by Gasteiger charge is -2.36. The Morgan fingerprint density at radius 1 is 1.13 bits per heavy atom. The number of hydrogen-bond acceptors (Lipinski definition) is 6.